The summed E-state index contributed by atoms with van der Waals surface area (Å²) in [7, 11) is 0. The average Bonchev–Trinajstić information content (AvgIpc) is 2.23. The highest BCUT2D eigenvalue weighted by molar-refractivity contribution is 9.10. The van der Waals surface area contributed by atoms with Crippen molar-refractivity contribution in [3.05, 3.63) is 46.0 Å². The molecule has 0 unspecified atom stereocenters. The van der Waals surface area contributed by atoms with Gasteiger partial charge in [-0.25, -0.2) is 8.78 Å². The highest BCUT2D eigenvalue weighted by Crippen LogP contribution is 2.22. The van der Waals surface area contributed by atoms with E-state index in [1.165, 1.54) is 12.1 Å². The molecule has 0 radical (unpaired) electrons. The quantitative estimate of drug-likeness (QED) is 0.663. The van der Waals surface area contributed by atoms with E-state index in [0.29, 0.717) is 6.54 Å². The minimum Gasteiger partial charge on any atom is -0.330 e. The van der Waals surface area contributed by atoms with Gasteiger partial charge in [0.2, 0.25) is 0 Å². The van der Waals surface area contributed by atoms with E-state index in [1.54, 1.807) is 6.08 Å². The highest BCUT2D eigenvalue weighted by atomic mass is 79.9. The van der Waals surface area contributed by atoms with Crippen LogP contribution in [0.2, 0.25) is 0 Å². The van der Waals surface area contributed by atoms with Gasteiger partial charge in [0, 0.05) is 5.56 Å². The van der Waals surface area contributed by atoms with Crippen molar-refractivity contribution in [2.45, 2.75) is 12.8 Å². The number of benzene rings is 1. The van der Waals surface area contributed by atoms with Gasteiger partial charge in [-0.15, -0.1) is 0 Å². The van der Waals surface area contributed by atoms with Crippen molar-refractivity contribution in [1.82, 2.24) is 0 Å². The van der Waals surface area contributed by atoms with Gasteiger partial charge in [-0.2, -0.15) is 0 Å². The fourth-order valence-electron chi connectivity index (χ4n) is 1.17. The van der Waals surface area contributed by atoms with Crippen LogP contribution in [0.15, 0.2) is 28.8 Å². The van der Waals surface area contributed by atoms with E-state index >= 15 is 0 Å². The van der Waals surface area contributed by atoms with Gasteiger partial charge in [0.1, 0.15) is 11.6 Å². The smallest absolute Gasteiger partial charge is 0.143 e. The standard InChI is InChI=1S/C11H12BrF2N/c12-9-5-6-10(13)8(11(9)14)4-2-1-3-7-15/h1-2,5-6H,3-4,7,15H2/b2-1+. The maximum Gasteiger partial charge on any atom is 0.143 e. The van der Waals surface area contributed by atoms with Crippen molar-refractivity contribution in [1.29, 1.82) is 0 Å². The number of halogens is 3. The van der Waals surface area contributed by atoms with Crippen LogP contribution < -0.4 is 5.73 Å². The van der Waals surface area contributed by atoms with Crippen molar-refractivity contribution in [2.75, 3.05) is 6.54 Å². The summed E-state index contributed by atoms with van der Waals surface area (Å²) in [5.74, 6) is -1.06. The fraction of sp³-hybridized carbons (Fsp3) is 0.273. The van der Waals surface area contributed by atoms with E-state index in [9.17, 15) is 8.78 Å². The second-order valence-corrected chi connectivity index (χ2v) is 3.93. The molecule has 0 spiro atoms. The van der Waals surface area contributed by atoms with Crippen molar-refractivity contribution in [3.8, 4) is 0 Å². The third-order valence-corrected chi connectivity index (χ3v) is 2.57. The lowest BCUT2D eigenvalue weighted by molar-refractivity contribution is 0.558. The molecule has 0 heterocycles. The van der Waals surface area contributed by atoms with Crippen LogP contribution in [0.25, 0.3) is 0 Å². The Morgan fingerprint density at radius 1 is 1.27 bits per heavy atom. The molecule has 1 aromatic rings. The zero-order chi connectivity index (χ0) is 11.3. The Kier molecular flexibility index (Phi) is 4.91. The van der Waals surface area contributed by atoms with Crippen LogP contribution in [0.1, 0.15) is 12.0 Å². The summed E-state index contributed by atoms with van der Waals surface area (Å²) >= 11 is 3.02. The molecule has 0 atom stereocenters. The van der Waals surface area contributed by atoms with Crippen molar-refractivity contribution in [2.24, 2.45) is 5.73 Å². The average molecular weight is 276 g/mol. The largest absolute Gasteiger partial charge is 0.330 e. The number of hydrogen-bond donors (Lipinski definition) is 1. The van der Waals surface area contributed by atoms with Gasteiger partial charge < -0.3 is 5.73 Å². The molecule has 1 rings (SSSR count). The highest BCUT2D eigenvalue weighted by Gasteiger charge is 2.10. The first kappa shape index (κ1) is 12.3. The zero-order valence-corrected chi connectivity index (χ0v) is 9.73. The molecule has 1 aromatic carbocycles. The predicted octanol–water partition coefficient (Wildman–Crippen LogP) is 3.17. The van der Waals surface area contributed by atoms with Gasteiger partial charge in [-0.3, -0.25) is 0 Å². The molecule has 0 aromatic heterocycles. The first-order valence-corrected chi connectivity index (χ1v) is 5.43. The zero-order valence-electron chi connectivity index (χ0n) is 8.14. The first-order valence-electron chi connectivity index (χ1n) is 4.64. The van der Waals surface area contributed by atoms with E-state index in [1.807, 2.05) is 6.08 Å². The Bertz CT molecular complexity index is 364. The summed E-state index contributed by atoms with van der Waals surface area (Å²) in [4.78, 5) is 0. The van der Waals surface area contributed by atoms with Gasteiger partial charge in [0.25, 0.3) is 0 Å². The molecule has 0 aliphatic heterocycles. The number of rotatable bonds is 4. The molecule has 4 heteroatoms. The molecule has 2 N–H and O–H groups in total. The van der Waals surface area contributed by atoms with Gasteiger partial charge in [0.15, 0.2) is 0 Å². The molecule has 0 saturated heterocycles. The maximum atomic E-state index is 13.4. The van der Waals surface area contributed by atoms with E-state index < -0.39 is 11.6 Å². The Balaban J connectivity index is 2.80. The molecule has 0 aliphatic rings. The molecule has 0 fully saturated rings. The first-order chi connectivity index (χ1) is 7.16. The summed E-state index contributed by atoms with van der Waals surface area (Å²) in [5.41, 5.74) is 5.37. The van der Waals surface area contributed by atoms with Gasteiger partial charge in [0.05, 0.1) is 4.47 Å². The Hall–Kier alpha value is -0.740. The molecule has 15 heavy (non-hydrogen) atoms. The number of allylic oxidation sites excluding steroid dienone is 1. The minimum absolute atomic E-state index is 0.0812. The molecule has 0 amide bonds. The summed E-state index contributed by atoms with van der Waals surface area (Å²) < 4.78 is 26.9. The van der Waals surface area contributed by atoms with Crippen LogP contribution in [-0.4, -0.2) is 6.54 Å². The molecule has 0 saturated carbocycles. The normalized spacial score (nSPS) is 11.2. The van der Waals surface area contributed by atoms with Crippen LogP contribution in [0.5, 0.6) is 0 Å². The number of hydrogen-bond acceptors (Lipinski definition) is 1. The van der Waals surface area contributed by atoms with Gasteiger partial charge in [-0.1, -0.05) is 12.2 Å². The topological polar surface area (TPSA) is 26.0 Å². The molecule has 0 aliphatic carbocycles. The van der Waals surface area contributed by atoms with Crippen LogP contribution in [-0.2, 0) is 6.42 Å². The van der Waals surface area contributed by atoms with Gasteiger partial charge in [-0.05, 0) is 47.4 Å². The lowest BCUT2D eigenvalue weighted by Gasteiger charge is -2.03. The summed E-state index contributed by atoms with van der Waals surface area (Å²) in [5, 5.41) is 0. The Labute approximate surface area is 96.1 Å². The summed E-state index contributed by atoms with van der Waals surface area (Å²) in [6, 6.07) is 2.61. The Morgan fingerprint density at radius 3 is 2.67 bits per heavy atom. The second kappa shape index (κ2) is 5.98. The maximum absolute atomic E-state index is 13.4. The van der Waals surface area contributed by atoms with E-state index in [0.717, 1.165) is 6.42 Å². The Morgan fingerprint density at radius 2 is 2.00 bits per heavy atom. The van der Waals surface area contributed by atoms with Crippen molar-refractivity contribution >= 4 is 15.9 Å². The van der Waals surface area contributed by atoms with Crippen LogP contribution in [0.4, 0.5) is 8.78 Å². The fourth-order valence-corrected chi connectivity index (χ4v) is 1.54. The van der Waals surface area contributed by atoms with Crippen LogP contribution in [0.3, 0.4) is 0 Å². The SMILES string of the molecule is NCC/C=C/Cc1c(F)ccc(Br)c1F. The van der Waals surface area contributed by atoms with Crippen molar-refractivity contribution in [3.63, 3.8) is 0 Å². The third-order valence-electron chi connectivity index (χ3n) is 1.96. The van der Waals surface area contributed by atoms with Crippen molar-refractivity contribution < 1.29 is 8.78 Å². The molecule has 1 nitrogen and oxygen atoms in total. The monoisotopic (exact) mass is 275 g/mol. The molecular formula is C11H12BrF2N. The lowest BCUT2D eigenvalue weighted by atomic mass is 10.1. The lowest BCUT2D eigenvalue weighted by Crippen LogP contribution is -1.97. The minimum atomic E-state index is -0.535. The molecular weight excluding hydrogens is 264 g/mol. The predicted molar refractivity (Wildman–Crippen MR) is 60.6 cm³/mol. The summed E-state index contributed by atoms with van der Waals surface area (Å²) in [6.07, 6.45) is 4.51. The number of nitrogens with two attached hydrogens (primary N) is 1. The van der Waals surface area contributed by atoms with Crippen LogP contribution >= 0.6 is 15.9 Å². The van der Waals surface area contributed by atoms with E-state index in [4.69, 9.17) is 5.73 Å². The molecule has 0 bridgehead atoms. The van der Waals surface area contributed by atoms with E-state index in [-0.39, 0.29) is 16.5 Å². The van der Waals surface area contributed by atoms with Gasteiger partial charge >= 0.3 is 0 Å². The molecule has 82 valence electrons. The van der Waals surface area contributed by atoms with Crippen LogP contribution in [0, 0.1) is 11.6 Å². The third kappa shape index (κ3) is 3.39. The second-order valence-electron chi connectivity index (χ2n) is 3.07. The van der Waals surface area contributed by atoms with E-state index in [2.05, 4.69) is 15.9 Å². The summed E-state index contributed by atoms with van der Waals surface area (Å²) in [6.45, 7) is 0.542.